The highest BCUT2D eigenvalue weighted by atomic mass is 19.4. The summed E-state index contributed by atoms with van der Waals surface area (Å²) in [5, 5.41) is 2.63. The van der Waals surface area contributed by atoms with Gasteiger partial charge >= 0.3 is 6.18 Å². The van der Waals surface area contributed by atoms with Crippen LogP contribution in [0.15, 0.2) is 72.8 Å². The van der Waals surface area contributed by atoms with Crippen molar-refractivity contribution in [3.63, 3.8) is 0 Å². The average Bonchev–Trinajstić information content (AvgIpc) is 3.22. The number of nitrogens with zero attached hydrogens (tertiary/aromatic N) is 1. The van der Waals surface area contributed by atoms with Gasteiger partial charge in [0, 0.05) is 23.5 Å². The number of carbonyl (C=O) groups excluding carboxylic acids is 2. The van der Waals surface area contributed by atoms with Crippen molar-refractivity contribution < 1.29 is 27.5 Å². The largest absolute Gasteiger partial charge is 0.484 e. The molecule has 1 heterocycles. The van der Waals surface area contributed by atoms with Crippen molar-refractivity contribution in [2.45, 2.75) is 12.6 Å². The molecule has 0 radical (unpaired) electrons. The third kappa shape index (κ3) is 4.74. The molecule has 3 aromatic carbocycles. The van der Waals surface area contributed by atoms with E-state index in [1.165, 1.54) is 0 Å². The van der Waals surface area contributed by atoms with Crippen LogP contribution in [0.1, 0.15) is 21.5 Å². The molecule has 0 spiro atoms. The van der Waals surface area contributed by atoms with Gasteiger partial charge in [0.2, 0.25) is 0 Å². The zero-order valence-corrected chi connectivity index (χ0v) is 16.9. The quantitative estimate of drug-likeness (QED) is 0.612. The van der Waals surface area contributed by atoms with Crippen molar-refractivity contribution in [3.8, 4) is 5.75 Å². The minimum absolute atomic E-state index is 0.113. The summed E-state index contributed by atoms with van der Waals surface area (Å²) in [6.45, 7) is 0.258. The molecule has 0 saturated heterocycles. The zero-order valence-electron chi connectivity index (χ0n) is 16.9. The van der Waals surface area contributed by atoms with Gasteiger partial charge in [-0.25, -0.2) is 0 Å². The summed E-state index contributed by atoms with van der Waals surface area (Å²) in [5.41, 5.74) is 2.24. The lowest BCUT2D eigenvalue weighted by Crippen LogP contribution is -2.28. The molecule has 3 aromatic rings. The van der Waals surface area contributed by atoms with E-state index < -0.39 is 17.6 Å². The third-order valence-corrected chi connectivity index (χ3v) is 5.10. The van der Waals surface area contributed by atoms with Gasteiger partial charge in [-0.1, -0.05) is 18.2 Å². The minimum Gasteiger partial charge on any atom is -0.484 e. The van der Waals surface area contributed by atoms with Crippen LogP contribution in [0.25, 0.3) is 0 Å². The Balaban J connectivity index is 1.32. The van der Waals surface area contributed by atoms with E-state index in [4.69, 9.17) is 4.74 Å². The van der Waals surface area contributed by atoms with Crippen molar-refractivity contribution in [2.24, 2.45) is 0 Å². The Labute approximate surface area is 182 Å². The van der Waals surface area contributed by atoms with Crippen LogP contribution in [0, 0.1) is 0 Å². The van der Waals surface area contributed by atoms with Crippen LogP contribution in [0.5, 0.6) is 5.75 Å². The molecule has 0 aromatic heterocycles. The fourth-order valence-electron chi connectivity index (χ4n) is 3.49. The number of ether oxygens (including phenoxy) is 1. The first kappa shape index (κ1) is 21.4. The number of hydrogen-bond donors (Lipinski definition) is 1. The summed E-state index contributed by atoms with van der Waals surface area (Å²) in [6, 6.07) is 18.4. The lowest BCUT2D eigenvalue weighted by Gasteiger charge is -2.17. The maximum Gasteiger partial charge on any atom is 0.416 e. The number of hydrogen-bond acceptors (Lipinski definition) is 3. The summed E-state index contributed by atoms with van der Waals surface area (Å²) in [7, 11) is 0. The van der Waals surface area contributed by atoms with E-state index in [0.717, 1.165) is 41.9 Å². The molecule has 0 aliphatic carbocycles. The number of anilines is 2. The van der Waals surface area contributed by atoms with Crippen LogP contribution >= 0.6 is 0 Å². The fraction of sp³-hybridized carbons (Fsp3) is 0.167. The van der Waals surface area contributed by atoms with Crippen molar-refractivity contribution in [3.05, 3.63) is 89.5 Å². The number of carbonyl (C=O) groups is 2. The molecule has 1 N–H and O–H groups in total. The molecule has 1 aliphatic heterocycles. The van der Waals surface area contributed by atoms with E-state index in [9.17, 15) is 22.8 Å². The molecule has 0 atom stereocenters. The Hall–Kier alpha value is -3.81. The normalized spacial score (nSPS) is 12.9. The third-order valence-electron chi connectivity index (χ3n) is 5.10. The molecule has 2 amide bonds. The molecular weight excluding hydrogens is 421 g/mol. The summed E-state index contributed by atoms with van der Waals surface area (Å²) >= 11 is 0. The van der Waals surface area contributed by atoms with Crippen LogP contribution < -0.4 is 15.0 Å². The van der Waals surface area contributed by atoms with E-state index in [-0.39, 0.29) is 18.3 Å². The van der Waals surface area contributed by atoms with Crippen LogP contribution in [0.4, 0.5) is 24.5 Å². The molecule has 8 heteroatoms. The number of nitrogens with one attached hydrogen (secondary N) is 1. The van der Waals surface area contributed by atoms with E-state index >= 15 is 0 Å². The molecule has 4 rings (SSSR count). The number of alkyl halides is 3. The van der Waals surface area contributed by atoms with Gasteiger partial charge in [-0.3, -0.25) is 9.59 Å². The minimum atomic E-state index is -4.43. The first-order valence-corrected chi connectivity index (χ1v) is 9.91. The molecular formula is C24H19F3N2O3. The van der Waals surface area contributed by atoms with E-state index in [1.807, 2.05) is 24.3 Å². The highest BCUT2D eigenvalue weighted by Crippen LogP contribution is 2.30. The van der Waals surface area contributed by atoms with E-state index in [2.05, 4.69) is 5.32 Å². The predicted molar refractivity (Wildman–Crippen MR) is 114 cm³/mol. The number of amides is 2. The zero-order chi connectivity index (χ0) is 22.7. The lowest BCUT2D eigenvalue weighted by molar-refractivity contribution is -0.137. The second kappa shape index (κ2) is 8.74. The molecule has 32 heavy (non-hydrogen) atoms. The summed E-state index contributed by atoms with van der Waals surface area (Å²) in [6.07, 6.45) is -3.61. The van der Waals surface area contributed by atoms with Crippen LogP contribution in [0.2, 0.25) is 0 Å². The lowest BCUT2D eigenvalue weighted by atomic mass is 10.1. The van der Waals surface area contributed by atoms with Gasteiger partial charge in [0.05, 0.1) is 5.56 Å². The van der Waals surface area contributed by atoms with Gasteiger partial charge in [0.25, 0.3) is 11.8 Å². The Kier molecular flexibility index (Phi) is 5.85. The Morgan fingerprint density at radius 1 is 0.938 bits per heavy atom. The van der Waals surface area contributed by atoms with E-state index in [1.54, 1.807) is 29.2 Å². The van der Waals surface area contributed by atoms with Crippen molar-refractivity contribution in [2.75, 3.05) is 23.4 Å². The molecule has 5 nitrogen and oxygen atoms in total. The highest BCUT2D eigenvalue weighted by molar-refractivity contribution is 6.07. The van der Waals surface area contributed by atoms with Gasteiger partial charge in [-0.05, 0) is 66.6 Å². The van der Waals surface area contributed by atoms with Gasteiger partial charge in [-0.2, -0.15) is 13.2 Å². The second-order valence-electron chi connectivity index (χ2n) is 7.27. The highest BCUT2D eigenvalue weighted by Gasteiger charge is 2.30. The van der Waals surface area contributed by atoms with Crippen LogP contribution in [-0.4, -0.2) is 25.0 Å². The maximum absolute atomic E-state index is 12.8. The number of fused-ring (bicyclic) bond motifs is 1. The Morgan fingerprint density at radius 3 is 2.31 bits per heavy atom. The van der Waals surface area contributed by atoms with Gasteiger partial charge in [-0.15, -0.1) is 0 Å². The van der Waals surface area contributed by atoms with Crippen molar-refractivity contribution in [1.29, 1.82) is 0 Å². The first-order chi connectivity index (χ1) is 15.3. The number of rotatable bonds is 5. The standard InChI is InChI=1S/C24H19F3N2O3/c25-24(26,27)18-7-11-20(12-8-18)32-15-22(30)28-19-9-5-17(6-10-19)23(31)29-14-13-16-3-1-2-4-21(16)29/h1-12H,13-15H2,(H,28,30). The molecule has 0 fully saturated rings. The number of para-hydroxylation sites is 1. The molecule has 164 valence electrons. The van der Waals surface area contributed by atoms with Gasteiger partial charge in [0.15, 0.2) is 6.61 Å². The molecule has 0 unspecified atom stereocenters. The second-order valence-corrected chi connectivity index (χ2v) is 7.27. The van der Waals surface area contributed by atoms with Crippen LogP contribution in [-0.2, 0) is 17.4 Å². The van der Waals surface area contributed by atoms with E-state index in [0.29, 0.717) is 17.8 Å². The van der Waals surface area contributed by atoms with Gasteiger partial charge < -0.3 is 15.0 Å². The van der Waals surface area contributed by atoms with Crippen molar-refractivity contribution in [1.82, 2.24) is 0 Å². The number of halogens is 3. The summed E-state index contributed by atoms with van der Waals surface area (Å²) in [5.74, 6) is -0.434. The monoisotopic (exact) mass is 440 g/mol. The maximum atomic E-state index is 12.8. The summed E-state index contributed by atoms with van der Waals surface area (Å²) in [4.78, 5) is 26.7. The van der Waals surface area contributed by atoms with Crippen molar-refractivity contribution >= 4 is 23.2 Å². The molecule has 1 aliphatic rings. The smallest absolute Gasteiger partial charge is 0.416 e. The van der Waals surface area contributed by atoms with Crippen LogP contribution in [0.3, 0.4) is 0 Å². The number of benzene rings is 3. The Bertz CT molecular complexity index is 1130. The predicted octanol–water partition coefficient (Wildman–Crippen LogP) is 4.93. The first-order valence-electron chi connectivity index (χ1n) is 9.91. The summed E-state index contributed by atoms with van der Waals surface area (Å²) < 4.78 is 43.0. The Morgan fingerprint density at radius 2 is 1.62 bits per heavy atom. The molecule has 0 saturated carbocycles. The SMILES string of the molecule is O=C(COc1ccc(C(F)(F)F)cc1)Nc1ccc(C(=O)N2CCc3ccccc32)cc1. The average molecular weight is 440 g/mol. The van der Waals surface area contributed by atoms with Gasteiger partial charge in [0.1, 0.15) is 5.75 Å². The fourth-order valence-corrected chi connectivity index (χ4v) is 3.49. The molecule has 0 bridgehead atoms. The topological polar surface area (TPSA) is 58.6 Å².